The lowest BCUT2D eigenvalue weighted by Gasteiger charge is -2.15. The first-order chi connectivity index (χ1) is 12.7. The van der Waals surface area contributed by atoms with Crippen LogP contribution in [0, 0.1) is 12.8 Å². The van der Waals surface area contributed by atoms with Crippen LogP contribution in [0.3, 0.4) is 0 Å². The highest BCUT2D eigenvalue weighted by molar-refractivity contribution is 14.0. The van der Waals surface area contributed by atoms with Crippen LogP contribution in [0.5, 0.6) is 5.75 Å². The van der Waals surface area contributed by atoms with Crippen LogP contribution in [0.15, 0.2) is 23.2 Å². The van der Waals surface area contributed by atoms with Crippen molar-refractivity contribution < 1.29 is 4.74 Å². The molecule has 0 amide bonds. The molecule has 0 aromatic heterocycles. The summed E-state index contributed by atoms with van der Waals surface area (Å²) < 4.78 is 5.48. The minimum atomic E-state index is 0. The Morgan fingerprint density at radius 1 is 1.26 bits per heavy atom. The molecule has 1 saturated heterocycles. The Morgan fingerprint density at radius 3 is 2.78 bits per heavy atom. The van der Waals surface area contributed by atoms with Crippen molar-refractivity contribution in [3.05, 3.63) is 29.3 Å². The van der Waals surface area contributed by atoms with Gasteiger partial charge in [-0.1, -0.05) is 17.7 Å². The number of rotatable bonds is 8. The number of ether oxygens (including phenoxy) is 1. The van der Waals surface area contributed by atoms with Gasteiger partial charge in [-0.2, -0.15) is 0 Å². The normalized spacial score (nSPS) is 20.3. The van der Waals surface area contributed by atoms with E-state index in [9.17, 15) is 0 Å². The molecule has 1 atom stereocenters. The van der Waals surface area contributed by atoms with Gasteiger partial charge in [0.25, 0.3) is 0 Å². The molecule has 5 nitrogen and oxygen atoms in total. The first-order valence-corrected chi connectivity index (χ1v) is 10.1. The van der Waals surface area contributed by atoms with E-state index in [1.165, 1.54) is 43.5 Å². The molecule has 27 heavy (non-hydrogen) atoms. The minimum absolute atomic E-state index is 0. The second-order valence-electron chi connectivity index (χ2n) is 7.59. The van der Waals surface area contributed by atoms with Crippen LogP contribution in [-0.2, 0) is 6.42 Å². The van der Waals surface area contributed by atoms with Gasteiger partial charge in [0.15, 0.2) is 5.96 Å². The number of likely N-dealkylation sites (tertiary alicyclic amines) is 1. The summed E-state index contributed by atoms with van der Waals surface area (Å²) in [5.41, 5.74) is 2.51. The van der Waals surface area contributed by atoms with E-state index < -0.39 is 0 Å². The van der Waals surface area contributed by atoms with Crippen molar-refractivity contribution >= 4 is 29.9 Å². The first kappa shape index (κ1) is 22.3. The van der Waals surface area contributed by atoms with Crippen molar-refractivity contribution in [3.63, 3.8) is 0 Å². The minimum Gasteiger partial charge on any atom is -0.496 e. The van der Waals surface area contributed by atoms with E-state index in [-0.39, 0.29) is 24.0 Å². The van der Waals surface area contributed by atoms with E-state index in [2.05, 4.69) is 47.6 Å². The van der Waals surface area contributed by atoms with E-state index in [4.69, 9.17) is 9.73 Å². The van der Waals surface area contributed by atoms with Crippen LogP contribution in [-0.4, -0.2) is 56.7 Å². The molecule has 2 fully saturated rings. The molecular weight excluding hydrogens is 451 g/mol. The van der Waals surface area contributed by atoms with E-state index in [0.29, 0.717) is 5.92 Å². The van der Waals surface area contributed by atoms with Gasteiger partial charge in [-0.05, 0) is 63.6 Å². The molecule has 2 aliphatic rings. The summed E-state index contributed by atoms with van der Waals surface area (Å²) >= 11 is 0. The van der Waals surface area contributed by atoms with Gasteiger partial charge in [-0.15, -0.1) is 24.0 Å². The Morgan fingerprint density at radius 2 is 2.07 bits per heavy atom. The van der Waals surface area contributed by atoms with Gasteiger partial charge in [0, 0.05) is 32.2 Å². The number of hydrogen-bond donors (Lipinski definition) is 2. The van der Waals surface area contributed by atoms with E-state index >= 15 is 0 Å². The zero-order valence-electron chi connectivity index (χ0n) is 17.0. The maximum Gasteiger partial charge on any atom is 0.191 e. The van der Waals surface area contributed by atoms with Crippen molar-refractivity contribution in [1.82, 2.24) is 15.5 Å². The van der Waals surface area contributed by atoms with Crippen LogP contribution < -0.4 is 15.4 Å². The summed E-state index contributed by atoms with van der Waals surface area (Å²) in [4.78, 5) is 7.49. The fourth-order valence-electron chi connectivity index (χ4n) is 3.76. The number of guanidine groups is 1. The molecule has 152 valence electrons. The van der Waals surface area contributed by atoms with Gasteiger partial charge in [0.05, 0.1) is 7.11 Å². The lowest BCUT2D eigenvalue weighted by molar-refractivity contribution is 0.315. The Balaban J connectivity index is 0.00000261. The van der Waals surface area contributed by atoms with Gasteiger partial charge < -0.3 is 20.3 Å². The maximum atomic E-state index is 5.48. The molecule has 0 radical (unpaired) electrons. The molecule has 1 saturated carbocycles. The molecule has 1 aliphatic heterocycles. The Hall–Kier alpha value is -1.02. The summed E-state index contributed by atoms with van der Waals surface area (Å²) in [6.45, 7) is 9.39. The van der Waals surface area contributed by atoms with Gasteiger partial charge in [-0.3, -0.25) is 4.99 Å². The largest absolute Gasteiger partial charge is 0.496 e. The molecule has 1 unspecified atom stereocenters. The lowest BCUT2D eigenvalue weighted by atomic mass is 10.1. The van der Waals surface area contributed by atoms with Crippen LogP contribution in [0.25, 0.3) is 0 Å². The topological polar surface area (TPSA) is 48.9 Å². The molecule has 1 aliphatic carbocycles. The van der Waals surface area contributed by atoms with E-state index in [0.717, 1.165) is 43.8 Å². The molecule has 3 rings (SSSR count). The third-order valence-corrected chi connectivity index (χ3v) is 5.36. The van der Waals surface area contributed by atoms with Crippen molar-refractivity contribution in [3.8, 4) is 5.75 Å². The average Bonchev–Trinajstić information content (AvgIpc) is 3.38. The van der Waals surface area contributed by atoms with Gasteiger partial charge in [-0.25, -0.2) is 0 Å². The van der Waals surface area contributed by atoms with Crippen LogP contribution >= 0.6 is 24.0 Å². The summed E-state index contributed by atoms with van der Waals surface area (Å²) in [5, 5.41) is 6.85. The Kier molecular flexibility index (Phi) is 9.15. The number of nitrogens with one attached hydrogen (secondary N) is 2. The van der Waals surface area contributed by atoms with Crippen molar-refractivity contribution in [1.29, 1.82) is 0 Å². The first-order valence-electron chi connectivity index (χ1n) is 10.1. The predicted molar refractivity (Wildman–Crippen MR) is 124 cm³/mol. The SMILES string of the molecule is CCNC(=NCC1CCN(C2CC2)C1)NCCc1cc(C)ccc1OC.I. The molecule has 1 heterocycles. The lowest BCUT2D eigenvalue weighted by Crippen LogP contribution is -2.38. The third kappa shape index (κ3) is 6.82. The standard InChI is InChI=1S/C21H34N4O.HI/c1-4-22-21(24-14-17-10-12-25(15-17)19-6-7-19)23-11-9-18-13-16(2)5-8-20(18)26-3;/h5,8,13,17,19H,4,6-7,9-12,14-15H2,1-3H3,(H2,22,23,24);1H. The van der Waals surface area contributed by atoms with Crippen LogP contribution in [0.4, 0.5) is 0 Å². The Labute approximate surface area is 181 Å². The van der Waals surface area contributed by atoms with Gasteiger partial charge in [0.1, 0.15) is 5.75 Å². The number of aryl methyl sites for hydroxylation is 1. The monoisotopic (exact) mass is 486 g/mol. The highest BCUT2D eigenvalue weighted by Crippen LogP contribution is 2.31. The van der Waals surface area contributed by atoms with E-state index in [1.807, 2.05) is 0 Å². The maximum absolute atomic E-state index is 5.48. The second-order valence-corrected chi connectivity index (χ2v) is 7.59. The molecule has 2 N–H and O–H groups in total. The van der Waals surface area contributed by atoms with Crippen molar-refractivity contribution in [2.24, 2.45) is 10.9 Å². The van der Waals surface area contributed by atoms with Gasteiger partial charge >= 0.3 is 0 Å². The summed E-state index contributed by atoms with van der Waals surface area (Å²) in [5.74, 6) is 2.61. The molecular formula is C21H35IN4O. The predicted octanol–water partition coefficient (Wildman–Crippen LogP) is 3.20. The zero-order valence-corrected chi connectivity index (χ0v) is 19.3. The molecule has 0 spiro atoms. The molecule has 1 aromatic rings. The average molecular weight is 486 g/mol. The van der Waals surface area contributed by atoms with Crippen molar-refractivity contribution in [2.75, 3.05) is 39.8 Å². The fraction of sp³-hybridized carbons (Fsp3) is 0.667. The zero-order chi connectivity index (χ0) is 18.4. The Bertz CT molecular complexity index is 618. The fourth-order valence-corrected chi connectivity index (χ4v) is 3.76. The van der Waals surface area contributed by atoms with E-state index in [1.54, 1.807) is 7.11 Å². The van der Waals surface area contributed by atoms with Crippen LogP contribution in [0.2, 0.25) is 0 Å². The third-order valence-electron chi connectivity index (χ3n) is 5.36. The summed E-state index contributed by atoms with van der Waals surface area (Å²) in [6.07, 6.45) is 5.03. The quantitative estimate of drug-likeness (QED) is 0.337. The van der Waals surface area contributed by atoms with Crippen LogP contribution in [0.1, 0.15) is 37.3 Å². The summed E-state index contributed by atoms with van der Waals surface area (Å²) in [7, 11) is 1.74. The number of aliphatic imine (C=N–C) groups is 1. The summed E-state index contributed by atoms with van der Waals surface area (Å²) in [6, 6.07) is 7.23. The highest BCUT2D eigenvalue weighted by Gasteiger charge is 2.34. The highest BCUT2D eigenvalue weighted by atomic mass is 127. The van der Waals surface area contributed by atoms with Crippen molar-refractivity contribution in [2.45, 2.75) is 45.6 Å². The van der Waals surface area contributed by atoms with Gasteiger partial charge in [0.2, 0.25) is 0 Å². The second kappa shape index (κ2) is 11.1. The smallest absolute Gasteiger partial charge is 0.191 e. The number of hydrogen-bond acceptors (Lipinski definition) is 3. The number of nitrogens with zero attached hydrogens (tertiary/aromatic N) is 2. The number of methoxy groups -OCH3 is 1. The number of halogens is 1. The molecule has 6 heteroatoms. The molecule has 0 bridgehead atoms. The molecule has 1 aromatic carbocycles. The number of benzene rings is 1.